The Morgan fingerprint density at radius 2 is 2.06 bits per heavy atom. The second kappa shape index (κ2) is 4.14. The van der Waals surface area contributed by atoms with Crippen molar-refractivity contribution in [2.24, 2.45) is 0 Å². The summed E-state index contributed by atoms with van der Waals surface area (Å²) in [6.45, 7) is 3.73. The number of anilines is 1. The van der Waals surface area contributed by atoms with E-state index in [-0.39, 0.29) is 5.43 Å². The first kappa shape index (κ1) is 10.8. The van der Waals surface area contributed by atoms with Gasteiger partial charge in [0.2, 0.25) is 11.0 Å². The first-order valence-corrected chi connectivity index (χ1v) is 6.76. The van der Waals surface area contributed by atoms with Gasteiger partial charge in [0.15, 0.2) is 11.5 Å². The molecule has 90 valence electrons. The summed E-state index contributed by atoms with van der Waals surface area (Å²) < 4.78 is 11.0. The predicted octanol–water partition coefficient (Wildman–Crippen LogP) is 2.25. The highest BCUT2D eigenvalue weighted by molar-refractivity contribution is 7.99. The van der Waals surface area contributed by atoms with Gasteiger partial charge in [-0.25, -0.2) is 0 Å². The Hall–Kier alpha value is -1.36. The van der Waals surface area contributed by atoms with Gasteiger partial charge in [0.1, 0.15) is 0 Å². The molecule has 0 spiro atoms. The third-order valence-electron chi connectivity index (χ3n) is 2.93. The van der Waals surface area contributed by atoms with Gasteiger partial charge < -0.3 is 13.7 Å². The second-order valence-corrected chi connectivity index (χ2v) is 5.35. The largest absolute Gasteiger partial charge is 0.456 e. The van der Waals surface area contributed by atoms with Crippen LogP contribution in [0, 0.1) is 6.92 Å². The molecular weight excluding hydrogens is 238 g/mol. The fourth-order valence-corrected chi connectivity index (χ4v) is 2.88. The van der Waals surface area contributed by atoms with E-state index in [4.69, 9.17) is 8.83 Å². The maximum absolute atomic E-state index is 11.9. The van der Waals surface area contributed by atoms with Crippen molar-refractivity contribution in [1.29, 1.82) is 0 Å². The zero-order valence-electron chi connectivity index (χ0n) is 9.56. The minimum atomic E-state index is -0.104. The molecule has 0 N–H and O–H groups in total. The normalized spacial score (nSPS) is 16.6. The van der Waals surface area contributed by atoms with Gasteiger partial charge in [-0.05, 0) is 6.92 Å². The molecule has 4 nitrogen and oxygen atoms in total. The van der Waals surface area contributed by atoms with Crippen LogP contribution in [0.15, 0.2) is 26.0 Å². The Morgan fingerprint density at radius 1 is 1.29 bits per heavy atom. The molecule has 1 aliphatic heterocycles. The van der Waals surface area contributed by atoms with E-state index in [1.165, 1.54) is 6.07 Å². The summed E-state index contributed by atoms with van der Waals surface area (Å²) in [5.74, 6) is 2.81. The molecule has 0 radical (unpaired) electrons. The van der Waals surface area contributed by atoms with E-state index in [9.17, 15) is 4.79 Å². The van der Waals surface area contributed by atoms with Crippen LogP contribution in [0.25, 0.3) is 11.2 Å². The van der Waals surface area contributed by atoms with E-state index in [1.807, 2.05) is 18.7 Å². The van der Waals surface area contributed by atoms with Crippen LogP contribution in [0.2, 0.25) is 0 Å². The van der Waals surface area contributed by atoms with Gasteiger partial charge in [0.05, 0.1) is 12.3 Å². The smallest absolute Gasteiger partial charge is 0.230 e. The highest BCUT2D eigenvalue weighted by atomic mass is 32.2. The molecule has 0 saturated carbocycles. The number of hydrogen-bond donors (Lipinski definition) is 0. The number of hydrogen-bond acceptors (Lipinski definition) is 5. The second-order valence-electron chi connectivity index (χ2n) is 4.13. The van der Waals surface area contributed by atoms with Crippen LogP contribution in [-0.4, -0.2) is 24.6 Å². The highest BCUT2D eigenvalue weighted by Gasteiger charge is 2.17. The molecule has 0 amide bonds. The lowest BCUT2D eigenvalue weighted by Crippen LogP contribution is -2.32. The zero-order valence-corrected chi connectivity index (χ0v) is 10.4. The molecule has 1 saturated heterocycles. The number of thioether (sulfide) groups is 1. The zero-order chi connectivity index (χ0) is 11.8. The number of aryl methyl sites for hydroxylation is 1. The van der Waals surface area contributed by atoms with E-state index >= 15 is 0 Å². The van der Waals surface area contributed by atoms with Gasteiger partial charge in [-0.1, -0.05) is 0 Å². The molecule has 5 heteroatoms. The van der Waals surface area contributed by atoms with Crippen LogP contribution in [0.3, 0.4) is 0 Å². The molecule has 0 bridgehead atoms. The van der Waals surface area contributed by atoms with Gasteiger partial charge in [-0.15, -0.1) is 0 Å². The Morgan fingerprint density at radius 3 is 2.82 bits per heavy atom. The van der Waals surface area contributed by atoms with Crippen LogP contribution >= 0.6 is 11.8 Å². The minimum absolute atomic E-state index is 0.104. The van der Waals surface area contributed by atoms with Gasteiger partial charge in [0.25, 0.3) is 0 Å². The lowest BCUT2D eigenvalue weighted by atomic mass is 10.3. The van der Waals surface area contributed by atoms with Crippen molar-refractivity contribution in [3.05, 3.63) is 28.1 Å². The average molecular weight is 251 g/mol. The molecule has 0 unspecified atom stereocenters. The molecular formula is C12H13NO3S. The molecule has 2 aromatic heterocycles. The summed E-state index contributed by atoms with van der Waals surface area (Å²) in [5.41, 5.74) is 1.65. The first-order valence-electron chi connectivity index (χ1n) is 5.60. The summed E-state index contributed by atoms with van der Waals surface area (Å²) >= 11 is 1.93. The summed E-state index contributed by atoms with van der Waals surface area (Å²) in [5, 5.41) is 0. The van der Waals surface area contributed by atoms with Crippen molar-refractivity contribution in [2.45, 2.75) is 6.92 Å². The quantitative estimate of drug-likeness (QED) is 0.778. The lowest BCUT2D eigenvalue weighted by Gasteiger charge is -2.26. The van der Waals surface area contributed by atoms with E-state index in [0.29, 0.717) is 17.1 Å². The SMILES string of the molecule is Cc1coc2c(=O)cc(N3CCSCC3)oc12. The fraction of sp³-hybridized carbons (Fsp3) is 0.417. The molecule has 0 aromatic carbocycles. The van der Waals surface area contributed by atoms with E-state index < -0.39 is 0 Å². The number of fused-ring (bicyclic) bond motifs is 1. The molecule has 2 aromatic rings. The highest BCUT2D eigenvalue weighted by Crippen LogP contribution is 2.24. The monoisotopic (exact) mass is 251 g/mol. The maximum atomic E-state index is 11.9. The van der Waals surface area contributed by atoms with Gasteiger partial charge in [0, 0.05) is 30.2 Å². The number of furan rings is 1. The van der Waals surface area contributed by atoms with E-state index in [2.05, 4.69) is 4.90 Å². The van der Waals surface area contributed by atoms with Crippen molar-refractivity contribution < 1.29 is 8.83 Å². The van der Waals surface area contributed by atoms with E-state index in [1.54, 1.807) is 6.26 Å². The molecule has 17 heavy (non-hydrogen) atoms. The molecule has 0 atom stereocenters. The third-order valence-corrected chi connectivity index (χ3v) is 3.87. The fourth-order valence-electron chi connectivity index (χ4n) is 1.98. The average Bonchev–Trinajstić information content (AvgIpc) is 2.73. The molecule has 3 heterocycles. The summed E-state index contributed by atoms with van der Waals surface area (Å²) in [7, 11) is 0. The topological polar surface area (TPSA) is 46.6 Å². The summed E-state index contributed by atoms with van der Waals surface area (Å²) in [6, 6.07) is 1.53. The Labute approximate surface area is 103 Å². The summed E-state index contributed by atoms with van der Waals surface area (Å²) in [4.78, 5) is 14.0. The molecule has 3 rings (SSSR count). The van der Waals surface area contributed by atoms with Crippen LogP contribution in [-0.2, 0) is 0 Å². The van der Waals surface area contributed by atoms with Crippen molar-refractivity contribution in [2.75, 3.05) is 29.5 Å². The van der Waals surface area contributed by atoms with Crippen LogP contribution in [0.1, 0.15) is 5.56 Å². The van der Waals surface area contributed by atoms with E-state index in [0.717, 1.165) is 30.2 Å². The summed E-state index contributed by atoms with van der Waals surface area (Å²) in [6.07, 6.45) is 1.56. The molecule has 0 aliphatic carbocycles. The van der Waals surface area contributed by atoms with Crippen molar-refractivity contribution >= 4 is 28.8 Å². The molecule has 1 aliphatic rings. The molecule has 1 fully saturated rings. The maximum Gasteiger partial charge on any atom is 0.230 e. The van der Waals surface area contributed by atoms with Gasteiger partial charge >= 0.3 is 0 Å². The van der Waals surface area contributed by atoms with Crippen LogP contribution < -0.4 is 10.3 Å². The Bertz CT molecular complexity index is 595. The first-order chi connectivity index (χ1) is 8.25. The standard InChI is InChI=1S/C12H13NO3S/c1-8-7-15-12-9(14)6-10(16-11(8)12)13-2-4-17-5-3-13/h6-7H,2-5H2,1H3. The van der Waals surface area contributed by atoms with Crippen LogP contribution in [0.5, 0.6) is 0 Å². The predicted molar refractivity (Wildman–Crippen MR) is 69.0 cm³/mol. The van der Waals surface area contributed by atoms with Gasteiger partial charge in [-0.3, -0.25) is 4.79 Å². The van der Waals surface area contributed by atoms with Gasteiger partial charge in [-0.2, -0.15) is 11.8 Å². The van der Waals surface area contributed by atoms with Crippen molar-refractivity contribution in [3.63, 3.8) is 0 Å². The third kappa shape index (κ3) is 1.84. The number of nitrogens with zero attached hydrogens (tertiary/aromatic N) is 1. The van der Waals surface area contributed by atoms with Crippen LogP contribution in [0.4, 0.5) is 5.88 Å². The Balaban J connectivity index is 2.10. The van der Waals surface area contributed by atoms with Crippen molar-refractivity contribution in [3.8, 4) is 0 Å². The minimum Gasteiger partial charge on any atom is -0.456 e. The Kier molecular flexibility index (Phi) is 2.63. The number of rotatable bonds is 1. The lowest BCUT2D eigenvalue weighted by molar-refractivity contribution is 0.563. The van der Waals surface area contributed by atoms with Crippen molar-refractivity contribution in [1.82, 2.24) is 0 Å².